The summed E-state index contributed by atoms with van der Waals surface area (Å²) < 4.78 is 5.03. The highest BCUT2D eigenvalue weighted by molar-refractivity contribution is 6.18. The van der Waals surface area contributed by atoms with Crippen molar-refractivity contribution in [1.82, 2.24) is 19.1 Å². The maximum atomic E-state index is 4.17. The van der Waals surface area contributed by atoms with Crippen LogP contribution in [0.1, 0.15) is 105 Å². The molecule has 0 saturated carbocycles. The second kappa shape index (κ2) is 13.5. The van der Waals surface area contributed by atoms with E-state index in [1.165, 1.54) is 66.1 Å². The first-order valence-electron chi connectivity index (χ1n) is 23.1. The van der Waals surface area contributed by atoms with Crippen molar-refractivity contribution in [2.45, 2.75) is 105 Å². The van der Waals surface area contributed by atoms with E-state index in [1.54, 1.807) is 0 Å². The van der Waals surface area contributed by atoms with Gasteiger partial charge >= 0.3 is 0 Å². The van der Waals surface area contributed by atoms with Gasteiger partial charge in [-0.05, 0) is 141 Å². The van der Waals surface area contributed by atoms with Crippen LogP contribution in [-0.4, -0.2) is 19.1 Å². The van der Waals surface area contributed by atoms with E-state index in [1.807, 2.05) is 0 Å². The van der Waals surface area contributed by atoms with E-state index in [2.05, 4.69) is 236 Å². The summed E-state index contributed by atoms with van der Waals surface area (Å²) in [6, 6.07) is 51.1. The predicted octanol–water partition coefficient (Wildman–Crippen LogP) is 16.7. The highest BCUT2D eigenvalue weighted by Gasteiger charge is 2.30. The molecule has 11 rings (SSSR count). The van der Waals surface area contributed by atoms with Gasteiger partial charge in [0.1, 0.15) is 0 Å². The van der Waals surface area contributed by atoms with E-state index in [4.69, 9.17) is 0 Å². The minimum absolute atomic E-state index is 0.0974. The number of aromatic nitrogens is 4. The summed E-state index contributed by atoms with van der Waals surface area (Å²) in [6.07, 6.45) is 0. The minimum Gasteiger partial charge on any atom is -0.353 e. The lowest BCUT2D eigenvalue weighted by atomic mass is 9.83. The van der Waals surface area contributed by atoms with E-state index in [-0.39, 0.29) is 21.7 Å². The fourth-order valence-electron chi connectivity index (χ4n) is 10.2. The fraction of sp³-hybridized carbons (Fsp3) is 0.267. The van der Waals surface area contributed by atoms with Crippen LogP contribution < -0.4 is 0 Å². The van der Waals surface area contributed by atoms with Gasteiger partial charge in [0.25, 0.3) is 0 Å². The monoisotopic (exact) mass is 836 g/mol. The Hall–Kier alpha value is -6.52. The second-order valence-corrected chi connectivity index (χ2v) is 22.6. The SMILES string of the molecule is CC(C)(C)c1cc2c3[nH]c4c(cc(C(C)(C)C)cc4c3c1)-c1ccc(n1-c1ccccc1)-c1cc(C(C)(C)C)cc3c1[nH]c1c(cc(C(C)(C)C)cc13)-c1ccc-2n1-c1ccccc1. The number of fused-ring (bicyclic) bond motifs is 8. The second-order valence-electron chi connectivity index (χ2n) is 22.6. The smallest absolute Gasteiger partial charge is 0.0560 e. The maximum Gasteiger partial charge on any atom is 0.0560 e. The van der Waals surface area contributed by atoms with Crippen LogP contribution >= 0.6 is 0 Å². The number of benzene rings is 6. The Balaban J connectivity index is 1.43. The molecule has 320 valence electrons. The predicted molar refractivity (Wildman–Crippen MR) is 274 cm³/mol. The fourth-order valence-corrected chi connectivity index (χ4v) is 10.2. The highest BCUT2D eigenvalue weighted by Crippen LogP contribution is 2.49. The largest absolute Gasteiger partial charge is 0.353 e. The van der Waals surface area contributed by atoms with Crippen molar-refractivity contribution in [3.05, 3.63) is 156 Å². The lowest BCUT2D eigenvalue weighted by Gasteiger charge is -2.23. The first kappa shape index (κ1) is 40.3. The van der Waals surface area contributed by atoms with Crippen molar-refractivity contribution in [1.29, 1.82) is 0 Å². The van der Waals surface area contributed by atoms with Crippen molar-refractivity contribution in [2.24, 2.45) is 0 Å². The van der Waals surface area contributed by atoms with E-state index in [0.717, 1.165) is 56.2 Å². The Kier molecular flexibility index (Phi) is 8.49. The number of para-hydroxylation sites is 2. The van der Waals surface area contributed by atoms with Gasteiger partial charge in [0.2, 0.25) is 0 Å². The normalized spacial score (nSPS) is 13.3. The zero-order chi connectivity index (χ0) is 44.8. The number of nitrogens with zero attached hydrogens (tertiary/aromatic N) is 2. The number of nitrogens with one attached hydrogen (secondary N) is 2. The lowest BCUT2D eigenvalue weighted by molar-refractivity contribution is 0.590. The van der Waals surface area contributed by atoms with Gasteiger partial charge in [-0.25, -0.2) is 0 Å². The number of hydrogen-bond donors (Lipinski definition) is 2. The van der Waals surface area contributed by atoms with Gasteiger partial charge in [0.15, 0.2) is 0 Å². The third-order valence-corrected chi connectivity index (χ3v) is 14.0. The molecule has 0 radical (unpaired) electrons. The summed E-state index contributed by atoms with van der Waals surface area (Å²) in [5.74, 6) is 0. The Morgan fingerprint density at radius 2 is 0.531 bits per heavy atom. The summed E-state index contributed by atoms with van der Waals surface area (Å²) in [4.78, 5) is 8.35. The number of H-pyrrole nitrogens is 2. The Morgan fingerprint density at radius 1 is 0.297 bits per heavy atom. The molecule has 64 heavy (non-hydrogen) atoms. The summed E-state index contributed by atoms with van der Waals surface area (Å²) >= 11 is 0. The summed E-state index contributed by atoms with van der Waals surface area (Å²) in [7, 11) is 0. The number of hydrogen-bond acceptors (Lipinski definition) is 0. The van der Waals surface area contributed by atoms with Crippen LogP contribution in [0.5, 0.6) is 0 Å². The van der Waals surface area contributed by atoms with Crippen molar-refractivity contribution >= 4 is 43.6 Å². The molecule has 0 spiro atoms. The third kappa shape index (κ3) is 6.16. The van der Waals surface area contributed by atoms with E-state index < -0.39 is 0 Å². The first-order valence-corrected chi connectivity index (χ1v) is 23.1. The molecule has 4 heteroatoms. The molecule has 5 heterocycles. The zero-order valence-electron chi connectivity index (χ0n) is 39.6. The molecule has 4 nitrogen and oxygen atoms in total. The Labute approximate surface area is 378 Å². The average Bonchev–Trinajstić information content (AvgIpc) is 4.04. The topological polar surface area (TPSA) is 41.4 Å². The Morgan fingerprint density at radius 3 is 0.750 bits per heavy atom. The first-order chi connectivity index (χ1) is 30.3. The molecule has 0 amide bonds. The zero-order valence-corrected chi connectivity index (χ0v) is 39.6. The third-order valence-electron chi connectivity index (χ3n) is 14.0. The molecule has 0 atom stereocenters. The van der Waals surface area contributed by atoms with Crippen LogP contribution in [0, 0.1) is 0 Å². The van der Waals surface area contributed by atoms with Crippen molar-refractivity contribution in [3.8, 4) is 56.4 Å². The summed E-state index contributed by atoms with van der Waals surface area (Å²) in [6.45, 7) is 28.1. The van der Waals surface area contributed by atoms with Crippen LogP contribution in [0.4, 0.5) is 0 Å². The van der Waals surface area contributed by atoms with Crippen LogP contribution in [0.3, 0.4) is 0 Å². The standard InChI is InChI=1S/C60H60N4/c1-57(2,3)35-27-41-42-28-36(58(4,5)6)32-46-51-25-26-52(64(51)40-21-17-14-18-22-40)48-34-38(60(10,11)12)30-44-43-29-37(59(7,8)9)33-47(55(43)62-56(44)48)50-24-23-49(45(31-35)53(41)61-54(42)46)63(50)39-19-15-13-16-20-39/h13-34,61-62H,1-12H3. The summed E-state index contributed by atoms with van der Waals surface area (Å²) in [5.41, 5.74) is 21.1. The molecule has 1 aliphatic rings. The van der Waals surface area contributed by atoms with Gasteiger partial charge in [-0.3, -0.25) is 0 Å². The van der Waals surface area contributed by atoms with Crippen molar-refractivity contribution in [2.75, 3.05) is 0 Å². The molecular weight excluding hydrogens is 777 g/mol. The van der Waals surface area contributed by atoms with E-state index in [9.17, 15) is 0 Å². The Bertz CT molecular complexity index is 3070. The summed E-state index contributed by atoms with van der Waals surface area (Å²) in [5, 5.41) is 5.00. The minimum atomic E-state index is -0.0974. The molecule has 0 fully saturated rings. The molecule has 10 aromatic rings. The van der Waals surface area contributed by atoms with Crippen LogP contribution in [0.25, 0.3) is 100 Å². The molecule has 0 saturated heterocycles. The van der Waals surface area contributed by atoms with Gasteiger partial charge in [0, 0.05) is 55.2 Å². The molecular formula is C60H60N4. The van der Waals surface area contributed by atoms with E-state index in [0.29, 0.717) is 0 Å². The van der Waals surface area contributed by atoms with Crippen molar-refractivity contribution < 1.29 is 0 Å². The molecule has 0 unspecified atom stereocenters. The molecule has 16 bridgehead atoms. The quantitative estimate of drug-likeness (QED) is 0.174. The van der Waals surface area contributed by atoms with E-state index >= 15 is 0 Å². The maximum absolute atomic E-state index is 4.17. The molecule has 2 N–H and O–H groups in total. The van der Waals surface area contributed by atoms with Gasteiger partial charge < -0.3 is 19.1 Å². The lowest BCUT2D eigenvalue weighted by Crippen LogP contribution is -2.12. The van der Waals surface area contributed by atoms with Gasteiger partial charge in [-0.1, -0.05) is 119 Å². The molecule has 1 aliphatic heterocycles. The van der Waals surface area contributed by atoms with Gasteiger partial charge in [0.05, 0.1) is 44.8 Å². The number of rotatable bonds is 2. The molecule has 0 aliphatic carbocycles. The highest BCUT2D eigenvalue weighted by atomic mass is 15.0. The van der Waals surface area contributed by atoms with Crippen LogP contribution in [0.15, 0.2) is 133 Å². The number of aromatic amines is 2. The molecule has 4 aromatic heterocycles. The van der Waals surface area contributed by atoms with Gasteiger partial charge in [-0.15, -0.1) is 0 Å². The average molecular weight is 837 g/mol. The van der Waals surface area contributed by atoms with Crippen molar-refractivity contribution in [3.63, 3.8) is 0 Å². The van der Waals surface area contributed by atoms with Crippen LogP contribution in [0.2, 0.25) is 0 Å². The van der Waals surface area contributed by atoms with Gasteiger partial charge in [-0.2, -0.15) is 0 Å². The van der Waals surface area contributed by atoms with Crippen LogP contribution in [-0.2, 0) is 21.7 Å². The molecule has 6 aromatic carbocycles.